The number of carbonyl (C=O) groups is 1. The Morgan fingerprint density at radius 3 is 2.47 bits per heavy atom. The van der Waals surface area contributed by atoms with Gasteiger partial charge in [0.25, 0.3) is 0 Å². The number of halogens is 1. The molecule has 2 aromatic rings. The predicted octanol–water partition coefficient (Wildman–Crippen LogP) is 3.87. The van der Waals surface area contributed by atoms with Gasteiger partial charge in [-0.15, -0.1) is 0 Å². The van der Waals surface area contributed by atoms with Crippen molar-refractivity contribution in [2.24, 2.45) is 0 Å². The zero-order valence-electron chi connectivity index (χ0n) is 17.6. The number of benzene rings is 2. The summed E-state index contributed by atoms with van der Waals surface area (Å²) >= 11 is 6.17. The third-order valence-corrected chi connectivity index (χ3v) is 7.00. The van der Waals surface area contributed by atoms with Crippen molar-refractivity contribution in [2.75, 3.05) is 17.7 Å². The third kappa shape index (κ3) is 4.73. The number of hydrogen-bond acceptors (Lipinski definition) is 4. The molecule has 2 atom stereocenters. The van der Waals surface area contributed by atoms with E-state index in [0.29, 0.717) is 11.4 Å². The van der Waals surface area contributed by atoms with E-state index in [0.717, 1.165) is 35.4 Å². The monoisotopic (exact) mass is 450 g/mol. The van der Waals surface area contributed by atoms with Crippen LogP contribution in [0.3, 0.4) is 0 Å². The quantitative estimate of drug-likeness (QED) is 0.694. The number of ether oxygens (including phenoxy) is 1. The summed E-state index contributed by atoms with van der Waals surface area (Å²) < 4.78 is 31.2. The number of amides is 1. The summed E-state index contributed by atoms with van der Waals surface area (Å²) in [6.07, 6.45) is 4.38. The van der Waals surface area contributed by atoms with Gasteiger partial charge in [0.05, 0.1) is 30.1 Å². The number of sulfonamides is 1. The summed E-state index contributed by atoms with van der Waals surface area (Å²) in [6.45, 7) is 3.46. The summed E-state index contributed by atoms with van der Waals surface area (Å²) in [4.78, 5) is 13.0. The van der Waals surface area contributed by atoms with E-state index < -0.39 is 16.1 Å². The van der Waals surface area contributed by atoms with Crippen molar-refractivity contribution >= 4 is 33.2 Å². The van der Waals surface area contributed by atoms with Crippen LogP contribution >= 0.6 is 11.6 Å². The van der Waals surface area contributed by atoms with Crippen molar-refractivity contribution in [3.63, 3.8) is 0 Å². The zero-order valence-corrected chi connectivity index (χ0v) is 19.2. The van der Waals surface area contributed by atoms with Gasteiger partial charge in [-0.05, 0) is 68.0 Å². The van der Waals surface area contributed by atoms with Crippen molar-refractivity contribution in [3.8, 4) is 5.75 Å². The molecule has 1 amide bonds. The first kappa shape index (κ1) is 22.4. The lowest BCUT2D eigenvalue weighted by atomic mass is 10.0. The minimum atomic E-state index is -3.73. The molecule has 0 radical (unpaired) electrons. The molecule has 6 nitrogen and oxygen atoms in total. The molecule has 1 aliphatic carbocycles. The van der Waals surface area contributed by atoms with Crippen molar-refractivity contribution in [2.45, 2.75) is 45.2 Å². The zero-order chi connectivity index (χ0) is 22.1. The van der Waals surface area contributed by atoms with Crippen molar-refractivity contribution in [1.29, 1.82) is 0 Å². The molecule has 8 heteroatoms. The highest BCUT2D eigenvalue weighted by molar-refractivity contribution is 7.92. The molecule has 0 saturated heterocycles. The number of hydrogen-bond donors (Lipinski definition) is 1. The standard InChI is InChI=1S/C22H27ClN2O4S/c1-14(17-9-8-16-6-5-7-18(16)12-17)24-22(26)15(2)25(30(4,27)28)19-10-11-21(29-3)20(23)13-19/h8-15H,5-7H2,1-4H3,(H,24,26)/t14-,15+/m1/s1. The molecule has 162 valence electrons. The molecule has 1 N–H and O–H groups in total. The van der Waals surface area contributed by atoms with Crippen LogP contribution in [0, 0.1) is 0 Å². The number of aryl methyl sites for hydroxylation is 2. The van der Waals surface area contributed by atoms with E-state index >= 15 is 0 Å². The van der Waals surface area contributed by atoms with Gasteiger partial charge in [-0.2, -0.15) is 0 Å². The van der Waals surface area contributed by atoms with E-state index in [1.807, 2.05) is 13.0 Å². The fraction of sp³-hybridized carbons (Fsp3) is 0.409. The number of fused-ring (bicyclic) bond motifs is 1. The average Bonchev–Trinajstić information content (AvgIpc) is 3.14. The molecule has 0 unspecified atom stereocenters. The Morgan fingerprint density at radius 2 is 1.83 bits per heavy atom. The number of rotatable bonds is 7. The van der Waals surface area contributed by atoms with Gasteiger partial charge in [0, 0.05) is 0 Å². The van der Waals surface area contributed by atoms with Gasteiger partial charge in [-0.25, -0.2) is 8.42 Å². The van der Waals surface area contributed by atoms with Crippen LogP contribution in [0.25, 0.3) is 0 Å². The maximum absolute atomic E-state index is 13.0. The molecule has 0 heterocycles. The predicted molar refractivity (Wildman–Crippen MR) is 120 cm³/mol. The summed E-state index contributed by atoms with van der Waals surface area (Å²) in [7, 11) is -2.26. The number of nitrogens with zero attached hydrogens (tertiary/aromatic N) is 1. The molecule has 2 aromatic carbocycles. The molecule has 30 heavy (non-hydrogen) atoms. The van der Waals surface area contributed by atoms with Crippen molar-refractivity contribution in [3.05, 3.63) is 58.1 Å². The maximum Gasteiger partial charge on any atom is 0.244 e. The van der Waals surface area contributed by atoms with E-state index in [1.54, 1.807) is 19.1 Å². The van der Waals surface area contributed by atoms with Crippen LogP contribution in [0.1, 0.15) is 43.0 Å². The Hall–Kier alpha value is -2.25. The normalized spacial score (nSPS) is 15.2. The second-order valence-electron chi connectivity index (χ2n) is 7.67. The number of methoxy groups -OCH3 is 1. The van der Waals surface area contributed by atoms with Crippen LogP contribution in [0.15, 0.2) is 36.4 Å². The summed E-state index contributed by atoms with van der Waals surface area (Å²) in [5, 5.41) is 3.21. The summed E-state index contributed by atoms with van der Waals surface area (Å²) in [5.74, 6) is 0.0385. The lowest BCUT2D eigenvalue weighted by Gasteiger charge is -2.29. The highest BCUT2D eigenvalue weighted by Gasteiger charge is 2.30. The first-order valence-electron chi connectivity index (χ1n) is 9.87. The molecule has 0 bridgehead atoms. The van der Waals surface area contributed by atoms with Gasteiger partial charge in [-0.1, -0.05) is 29.8 Å². The van der Waals surface area contributed by atoms with E-state index in [1.165, 1.54) is 24.3 Å². The second kappa shape index (κ2) is 8.86. The summed E-state index contributed by atoms with van der Waals surface area (Å²) in [5.41, 5.74) is 4.00. The van der Waals surface area contributed by atoms with E-state index in [9.17, 15) is 13.2 Å². The van der Waals surface area contributed by atoms with Crippen LogP contribution in [-0.2, 0) is 27.7 Å². The molecule has 0 fully saturated rings. The summed E-state index contributed by atoms with van der Waals surface area (Å²) in [6, 6.07) is 9.70. The lowest BCUT2D eigenvalue weighted by molar-refractivity contribution is -0.122. The second-order valence-corrected chi connectivity index (χ2v) is 9.93. The topological polar surface area (TPSA) is 75.7 Å². The van der Waals surface area contributed by atoms with E-state index in [4.69, 9.17) is 16.3 Å². The van der Waals surface area contributed by atoms with Crippen molar-refractivity contribution in [1.82, 2.24) is 5.32 Å². The smallest absolute Gasteiger partial charge is 0.244 e. The highest BCUT2D eigenvalue weighted by Crippen LogP contribution is 2.31. The molecule has 0 aliphatic heterocycles. The van der Waals surface area contributed by atoms with Gasteiger partial charge in [-0.3, -0.25) is 9.10 Å². The lowest BCUT2D eigenvalue weighted by Crippen LogP contribution is -2.48. The molecule has 0 spiro atoms. The molecular formula is C22H27ClN2O4S. The Balaban J connectivity index is 1.81. The van der Waals surface area contributed by atoms with Gasteiger partial charge in [0.2, 0.25) is 15.9 Å². The molecule has 3 rings (SSSR count). The van der Waals surface area contributed by atoms with Gasteiger partial charge in [0.1, 0.15) is 11.8 Å². The van der Waals surface area contributed by atoms with Crippen molar-refractivity contribution < 1.29 is 17.9 Å². The van der Waals surface area contributed by atoms with Gasteiger partial charge >= 0.3 is 0 Å². The largest absolute Gasteiger partial charge is 0.495 e. The molecular weight excluding hydrogens is 424 g/mol. The fourth-order valence-electron chi connectivity index (χ4n) is 3.88. The van der Waals surface area contributed by atoms with Crippen LogP contribution in [0.4, 0.5) is 5.69 Å². The number of anilines is 1. The Bertz CT molecular complexity index is 1060. The molecule has 1 aliphatic rings. The third-order valence-electron chi connectivity index (χ3n) is 5.46. The minimum absolute atomic E-state index is 0.244. The minimum Gasteiger partial charge on any atom is -0.495 e. The number of nitrogens with one attached hydrogen (secondary N) is 1. The molecule has 0 aromatic heterocycles. The Kier molecular flexibility index (Phi) is 6.62. The highest BCUT2D eigenvalue weighted by atomic mass is 35.5. The SMILES string of the molecule is COc1ccc(N([C@@H](C)C(=O)N[C@H](C)c2ccc3c(c2)CCC3)S(C)(=O)=O)cc1Cl. The Labute approximate surface area is 183 Å². The van der Waals surface area contributed by atoms with Gasteiger partial charge < -0.3 is 10.1 Å². The van der Waals surface area contributed by atoms with Crippen LogP contribution in [0.5, 0.6) is 5.75 Å². The molecule has 0 saturated carbocycles. The van der Waals surface area contributed by atoms with Crippen LogP contribution < -0.4 is 14.4 Å². The van der Waals surface area contributed by atoms with Crippen LogP contribution in [-0.4, -0.2) is 33.7 Å². The first-order valence-corrected chi connectivity index (χ1v) is 12.1. The van der Waals surface area contributed by atoms with Crippen LogP contribution in [0.2, 0.25) is 5.02 Å². The average molecular weight is 451 g/mol. The maximum atomic E-state index is 13.0. The first-order chi connectivity index (χ1) is 14.1. The van der Waals surface area contributed by atoms with E-state index in [2.05, 4.69) is 17.4 Å². The van der Waals surface area contributed by atoms with E-state index in [-0.39, 0.29) is 17.0 Å². The Morgan fingerprint density at radius 1 is 1.13 bits per heavy atom. The fourth-order valence-corrected chi connectivity index (χ4v) is 5.30. The number of carbonyl (C=O) groups excluding carboxylic acids is 1. The van der Waals surface area contributed by atoms with Gasteiger partial charge in [0.15, 0.2) is 0 Å².